The summed E-state index contributed by atoms with van der Waals surface area (Å²) in [5.74, 6) is 1.04. The third-order valence-electron chi connectivity index (χ3n) is 9.43. The van der Waals surface area contributed by atoms with Gasteiger partial charge < -0.3 is 57.6 Å². The molecular weight excluding hydrogens is 726 g/mol. The Hall–Kier alpha value is -5.20. The minimum Gasteiger partial charge on any atom is -0.493 e. The number of aliphatic hydroxyl groups excluding tert-OH is 2. The van der Waals surface area contributed by atoms with Crippen molar-refractivity contribution in [2.45, 2.75) is 57.2 Å². The van der Waals surface area contributed by atoms with E-state index < -0.39 is 48.2 Å². The summed E-state index contributed by atoms with van der Waals surface area (Å²) in [6, 6.07) is 12.7. The zero-order valence-electron chi connectivity index (χ0n) is 31.0. The summed E-state index contributed by atoms with van der Waals surface area (Å²) in [7, 11) is 4.62. The molecule has 0 bridgehead atoms. The van der Waals surface area contributed by atoms with Crippen molar-refractivity contribution in [2.24, 2.45) is 11.8 Å². The zero-order valence-corrected chi connectivity index (χ0v) is 31.0. The van der Waals surface area contributed by atoms with E-state index in [1.165, 1.54) is 31.4 Å². The van der Waals surface area contributed by atoms with Gasteiger partial charge in [-0.3, -0.25) is 19.7 Å². The second-order valence-electron chi connectivity index (χ2n) is 12.4. The van der Waals surface area contributed by atoms with Gasteiger partial charge >= 0.3 is 5.97 Å². The molecule has 0 radical (unpaired) electrons. The van der Waals surface area contributed by atoms with E-state index in [1.807, 2.05) is 38.1 Å². The molecule has 7 unspecified atom stereocenters. The molecule has 0 saturated carbocycles. The van der Waals surface area contributed by atoms with Crippen LogP contribution in [0.15, 0.2) is 48.5 Å². The van der Waals surface area contributed by atoms with Crippen LogP contribution in [0.3, 0.4) is 0 Å². The third-order valence-corrected chi connectivity index (χ3v) is 9.43. The number of benzene rings is 3. The van der Waals surface area contributed by atoms with Crippen molar-refractivity contribution in [3.8, 4) is 34.5 Å². The Morgan fingerprint density at radius 2 is 1.58 bits per heavy atom. The number of nitro groups is 1. The molecule has 3 aromatic carbocycles. The average molecular weight is 772 g/mol. The maximum Gasteiger partial charge on any atom is 0.310 e. The summed E-state index contributed by atoms with van der Waals surface area (Å²) in [5, 5.41) is 29.8. The van der Waals surface area contributed by atoms with E-state index >= 15 is 0 Å². The predicted molar refractivity (Wildman–Crippen MR) is 190 cm³/mol. The molecule has 7 rings (SSSR count). The van der Waals surface area contributed by atoms with Crippen LogP contribution in [0.1, 0.15) is 55.4 Å². The summed E-state index contributed by atoms with van der Waals surface area (Å²) in [6.45, 7) is 4.16. The molecule has 0 amide bonds. The molecule has 7 atom stereocenters. The lowest BCUT2D eigenvalue weighted by Crippen LogP contribution is -2.43. The van der Waals surface area contributed by atoms with Crippen LogP contribution in [0, 0.1) is 22.0 Å². The van der Waals surface area contributed by atoms with E-state index in [4.69, 9.17) is 47.7 Å². The monoisotopic (exact) mass is 771 g/mol. The standard InChI is InChI=1S/C29H34O12.C7H5NO4.C2H6/c1-33-22-4-14(5-23(34-2)28(22)35-3)25-17-8-20-21(39-13-38-20)9-18(17)27(19-11-37-29(32)26(19)25)41-24-7-15(31)6-16(40-24)10-36-12-30;9-5-12-7-3-1-6(2-4-7)8(10)11;1-2/h4-5,8-9,15-16,19,24-27,30-31H,6-7,10-13H2,1-3H3;1-5H;1-2H3. The van der Waals surface area contributed by atoms with Gasteiger partial charge in [-0.15, -0.1) is 0 Å². The Balaban J connectivity index is 0.000000352. The third kappa shape index (κ3) is 9.03. The summed E-state index contributed by atoms with van der Waals surface area (Å²) in [5.41, 5.74) is 2.36. The predicted octanol–water partition coefficient (Wildman–Crippen LogP) is 4.42. The lowest BCUT2D eigenvalue weighted by atomic mass is 9.66. The number of hydrogen-bond donors (Lipinski definition) is 2. The van der Waals surface area contributed by atoms with Gasteiger partial charge in [-0.25, -0.2) is 0 Å². The zero-order chi connectivity index (χ0) is 39.6. The number of methoxy groups -OCH3 is 3. The molecule has 0 aromatic heterocycles. The first-order chi connectivity index (χ1) is 26.7. The van der Waals surface area contributed by atoms with Crippen LogP contribution in [-0.2, 0) is 28.5 Å². The van der Waals surface area contributed by atoms with Crippen LogP contribution in [0.4, 0.5) is 5.69 Å². The number of non-ortho nitro benzene ring substituents is 1. The Labute approximate surface area is 317 Å². The first kappa shape index (κ1) is 41.0. The maximum absolute atomic E-state index is 13.4. The summed E-state index contributed by atoms with van der Waals surface area (Å²) in [6.07, 6.45) is -1.91. The lowest BCUT2D eigenvalue weighted by Gasteiger charge is -2.42. The van der Waals surface area contributed by atoms with Crippen molar-refractivity contribution < 1.29 is 72.1 Å². The van der Waals surface area contributed by atoms with Crippen molar-refractivity contribution in [2.75, 3.05) is 48.1 Å². The molecule has 3 aliphatic heterocycles. The van der Waals surface area contributed by atoms with Gasteiger partial charge in [0, 0.05) is 36.8 Å². The van der Waals surface area contributed by atoms with E-state index in [-0.39, 0.29) is 56.2 Å². The van der Waals surface area contributed by atoms with Gasteiger partial charge in [0.15, 0.2) is 29.3 Å². The van der Waals surface area contributed by atoms with Crippen LogP contribution in [-0.4, -0.2) is 94.2 Å². The Kier molecular flexibility index (Phi) is 14.1. The van der Waals surface area contributed by atoms with Gasteiger partial charge in [0.2, 0.25) is 12.5 Å². The smallest absolute Gasteiger partial charge is 0.310 e. The molecule has 298 valence electrons. The molecule has 2 N–H and O–H groups in total. The van der Waals surface area contributed by atoms with Crippen LogP contribution in [0.2, 0.25) is 0 Å². The fourth-order valence-corrected chi connectivity index (χ4v) is 7.16. The second kappa shape index (κ2) is 18.9. The molecule has 0 spiro atoms. The minimum atomic E-state index is -0.775. The fourth-order valence-electron chi connectivity index (χ4n) is 7.16. The van der Waals surface area contributed by atoms with E-state index in [9.17, 15) is 24.8 Å². The number of esters is 1. The summed E-state index contributed by atoms with van der Waals surface area (Å²) < 4.78 is 56.1. The summed E-state index contributed by atoms with van der Waals surface area (Å²) >= 11 is 0. The molecule has 2 saturated heterocycles. The van der Waals surface area contributed by atoms with E-state index in [2.05, 4.69) is 4.74 Å². The number of nitrogens with zero attached hydrogens (tertiary/aromatic N) is 1. The number of hydrogen-bond acceptors (Lipinski definition) is 16. The van der Waals surface area contributed by atoms with Gasteiger partial charge in [0.1, 0.15) is 12.5 Å². The van der Waals surface area contributed by atoms with E-state index in [0.29, 0.717) is 35.2 Å². The van der Waals surface area contributed by atoms with Gasteiger partial charge in [-0.2, -0.15) is 0 Å². The van der Waals surface area contributed by atoms with Gasteiger partial charge in [0.05, 0.1) is 63.7 Å². The highest BCUT2D eigenvalue weighted by atomic mass is 16.7. The first-order valence-corrected chi connectivity index (χ1v) is 17.6. The number of nitro benzene ring substituents is 1. The number of cyclic esters (lactones) is 1. The van der Waals surface area contributed by atoms with Crippen LogP contribution >= 0.6 is 0 Å². The Morgan fingerprint density at radius 1 is 0.927 bits per heavy atom. The number of carbonyl (C=O) groups excluding carboxylic acids is 2. The molecule has 17 heteroatoms. The van der Waals surface area contributed by atoms with Crippen LogP contribution in [0.5, 0.6) is 34.5 Å². The average Bonchev–Trinajstić information content (AvgIpc) is 3.83. The quantitative estimate of drug-likeness (QED) is 0.0858. The van der Waals surface area contributed by atoms with Crippen molar-refractivity contribution in [3.63, 3.8) is 0 Å². The van der Waals surface area contributed by atoms with Crippen LogP contribution < -0.4 is 28.4 Å². The molecule has 4 aliphatic rings. The summed E-state index contributed by atoms with van der Waals surface area (Å²) in [4.78, 5) is 32.9. The second-order valence-corrected chi connectivity index (χ2v) is 12.4. The lowest BCUT2D eigenvalue weighted by molar-refractivity contribution is -0.384. The minimum absolute atomic E-state index is 0.0340. The largest absolute Gasteiger partial charge is 0.493 e. The van der Waals surface area contributed by atoms with Crippen molar-refractivity contribution in [1.29, 1.82) is 0 Å². The molecule has 1 aliphatic carbocycles. The molecule has 3 aromatic rings. The van der Waals surface area contributed by atoms with E-state index in [1.54, 1.807) is 14.2 Å². The first-order valence-electron chi connectivity index (χ1n) is 17.6. The molecular formula is C38H45NO16. The van der Waals surface area contributed by atoms with Crippen molar-refractivity contribution in [3.05, 3.63) is 75.3 Å². The highest BCUT2D eigenvalue weighted by Gasteiger charge is 2.54. The SMILES string of the molecule is CC.COc1cc(C2c3cc4c(cc3C(OC3CC(O)CC(COCO)O3)C3COC(=O)C23)OCO4)cc(OC)c1OC.O=COc1ccc([N+](=O)[O-])cc1. The number of ether oxygens (including phenoxy) is 10. The van der Waals surface area contributed by atoms with E-state index in [0.717, 1.165) is 16.7 Å². The normalized spacial score (nSPS) is 24.3. The molecule has 3 heterocycles. The highest BCUT2D eigenvalue weighted by molar-refractivity contribution is 5.79. The highest BCUT2D eigenvalue weighted by Crippen LogP contribution is 2.57. The van der Waals surface area contributed by atoms with Crippen molar-refractivity contribution in [1.82, 2.24) is 0 Å². The Bertz CT molecular complexity index is 1760. The topological polar surface area (TPSA) is 210 Å². The number of fused-ring (bicyclic) bond motifs is 3. The van der Waals surface area contributed by atoms with Crippen LogP contribution in [0.25, 0.3) is 0 Å². The molecule has 55 heavy (non-hydrogen) atoms. The maximum atomic E-state index is 13.4. The van der Waals surface area contributed by atoms with Gasteiger partial charge in [-0.1, -0.05) is 13.8 Å². The molecule has 2 fully saturated rings. The molecule has 17 nitrogen and oxygen atoms in total. The van der Waals surface area contributed by atoms with Crippen molar-refractivity contribution >= 4 is 18.1 Å². The Morgan fingerprint density at radius 3 is 2.16 bits per heavy atom. The van der Waals surface area contributed by atoms with Gasteiger partial charge in [-0.05, 0) is 53.1 Å². The number of aliphatic hydroxyl groups is 2. The number of carbonyl (C=O) groups is 2. The number of rotatable bonds is 12. The fraction of sp³-hybridized carbons (Fsp3) is 0.474. The van der Waals surface area contributed by atoms with Gasteiger partial charge in [0.25, 0.3) is 12.2 Å².